The lowest BCUT2D eigenvalue weighted by Crippen LogP contribution is -2.41. The molecule has 4 nitrogen and oxygen atoms in total. The Morgan fingerprint density at radius 1 is 1.50 bits per heavy atom. The summed E-state index contributed by atoms with van der Waals surface area (Å²) in [6.45, 7) is 4.08. The standard InChI is InChI=1S/C16H24N2O2/c1-13-5-3-9-18(12-13)16(20)17-15-8-2-6-14(11-15)7-4-10-19/h2,6,8,11,13,19H,3-5,7,9-10,12H2,1H3,(H,17,20). The molecule has 110 valence electrons. The number of aryl methyl sites for hydroxylation is 1. The van der Waals surface area contributed by atoms with Crippen molar-refractivity contribution in [2.24, 2.45) is 5.92 Å². The number of rotatable bonds is 4. The van der Waals surface area contributed by atoms with Crippen LogP contribution in [0.4, 0.5) is 10.5 Å². The highest BCUT2D eigenvalue weighted by Gasteiger charge is 2.20. The molecular weight excluding hydrogens is 252 g/mol. The molecule has 1 atom stereocenters. The fourth-order valence-electron chi connectivity index (χ4n) is 2.66. The molecule has 1 unspecified atom stereocenters. The zero-order valence-corrected chi connectivity index (χ0v) is 12.1. The molecule has 2 amide bonds. The van der Waals surface area contributed by atoms with Gasteiger partial charge >= 0.3 is 6.03 Å². The Kier molecular flexibility index (Phi) is 5.41. The highest BCUT2D eigenvalue weighted by molar-refractivity contribution is 5.89. The van der Waals surface area contributed by atoms with Gasteiger partial charge in [0.1, 0.15) is 0 Å². The minimum Gasteiger partial charge on any atom is -0.396 e. The molecular formula is C16H24N2O2. The monoisotopic (exact) mass is 276 g/mol. The number of carbonyl (C=O) groups is 1. The quantitative estimate of drug-likeness (QED) is 0.888. The number of hydrogen-bond acceptors (Lipinski definition) is 2. The number of anilines is 1. The number of benzene rings is 1. The van der Waals surface area contributed by atoms with E-state index in [2.05, 4.69) is 12.2 Å². The van der Waals surface area contributed by atoms with Crippen LogP contribution in [0.1, 0.15) is 31.7 Å². The van der Waals surface area contributed by atoms with Gasteiger partial charge in [-0.2, -0.15) is 0 Å². The Bertz CT molecular complexity index is 448. The minimum absolute atomic E-state index is 0.00384. The molecule has 1 aromatic carbocycles. The van der Waals surface area contributed by atoms with Crippen molar-refractivity contribution in [3.05, 3.63) is 29.8 Å². The summed E-state index contributed by atoms with van der Waals surface area (Å²) in [7, 11) is 0. The number of aliphatic hydroxyl groups excluding tert-OH is 1. The molecule has 4 heteroatoms. The van der Waals surface area contributed by atoms with Crippen LogP contribution in [0.15, 0.2) is 24.3 Å². The Morgan fingerprint density at radius 2 is 2.35 bits per heavy atom. The molecule has 0 radical (unpaired) electrons. The third kappa shape index (κ3) is 4.23. The van der Waals surface area contributed by atoms with Crippen molar-refractivity contribution in [2.75, 3.05) is 25.0 Å². The molecule has 0 aliphatic carbocycles. The summed E-state index contributed by atoms with van der Waals surface area (Å²) in [5.74, 6) is 0.588. The van der Waals surface area contributed by atoms with Crippen molar-refractivity contribution < 1.29 is 9.90 Å². The molecule has 2 N–H and O–H groups in total. The molecule has 1 fully saturated rings. The topological polar surface area (TPSA) is 52.6 Å². The molecule has 1 heterocycles. The normalized spacial score (nSPS) is 18.9. The van der Waals surface area contributed by atoms with E-state index >= 15 is 0 Å². The summed E-state index contributed by atoms with van der Waals surface area (Å²) in [6, 6.07) is 7.86. The van der Waals surface area contributed by atoms with Gasteiger partial charge in [-0.25, -0.2) is 4.79 Å². The van der Waals surface area contributed by atoms with Crippen LogP contribution in [0.5, 0.6) is 0 Å². The zero-order chi connectivity index (χ0) is 14.4. The number of carbonyl (C=O) groups excluding carboxylic acids is 1. The second-order valence-corrected chi connectivity index (χ2v) is 5.65. The van der Waals surface area contributed by atoms with E-state index in [-0.39, 0.29) is 12.6 Å². The second-order valence-electron chi connectivity index (χ2n) is 5.65. The Hall–Kier alpha value is -1.55. The maximum Gasteiger partial charge on any atom is 0.321 e. The van der Waals surface area contributed by atoms with Gasteiger partial charge < -0.3 is 15.3 Å². The van der Waals surface area contributed by atoms with Crippen LogP contribution in [0, 0.1) is 5.92 Å². The SMILES string of the molecule is CC1CCCN(C(=O)Nc2cccc(CCCO)c2)C1. The Labute approximate surface area is 120 Å². The van der Waals surface area contributed by atoms with E-state index in [9.17, 15) is 4.79 Å². The van der Waals surface area contributed by atoms with E-state index in [4.69, 9.17) is 5.11 Å². The predicted molar refractivity (Wildman–Crippen MR) is 80.8 cm³/mol. The zero-order valence-electron chi connectivity index (χ0n) is 12.1. The van der Waals surface area contributed by atoms with Crippen molar-refractivity contribution in [1.82, 2.24) is 4.90 Å². The largest absolute Gasteiger partial charge is 0.396 e. The van der Waals surface area contributed by atoms with Gasteiger partial charge in [0.05, 0.1) is 0 Å². The van der Waals surface area contributed by atoms with Crippen LogP contribution in [0.3, 0.4) is 0 Å². The van der Waals surface area contributed by atoms with Crippen molar-refractivity contribution >= 4 is 11.7 Å². The van der Waals surface area contributed by atoms with Gasteiger partial charge in [0.2, 0.25) is 0 Å². The van der Waals surface area contributed by atoms with Crippen LogP contribution in [-0.4, -0.2) is 35.7 Å². The first-order chi connectivity index (χ1) is 9.69. The lowest BCUT2D eigenvalue weighted by molar-refractivity contribution is 0.182. The number of nitrogens with zero attached hydrogens (tertiary/aromatic N) is 1. The van der Waals surface area contributed by atoms with Gasteiger partial charge in [-0.1, -0.05) is 19.1 Å². The molecule has 1 saturated heterocycles. The average Bonchev–Trinajstić information content (AvgIpc) is 2.45. The molecule has 1 aliphatic rings. The summed E-state index contributed by atoms with van der Waals surface area (Å²) in [5.41, 5.74) is 1.98. The van der Waals surface area contributed by atoms with E-state index in [1.807, 2.05) is 29.2 Å². The molecule has 0 bridgehead atoms. The fraction of sp³-hybridized carbons (Fsp3) is 0.562. The lowest BCUT2D eigenvalue weighted by atomic mass is 10.0. The van der Waals surface area contributed by atoms with Gasteiger partial charge in [-0.15, -0.1) is 0 Å². The number of aliphatic hydroxyl groups is 1. The number of likely N-dealkylation sites (tertiary alicyclic amines) is 1. The lowest BCUT2D eigenvalue weighted by Gasteiger charge is -2.31. The maximum atomic E-state index is 12.2. The van der Waals surface area contributed by atoms with E-state index in [1.165, 1.54) is 6.42 Å². The maximum absolute atomic E-state index is 12.2. The summed E-state index contributed by atoms with van der Waals surface area (Å²) >= 11 is 0. The predicted octanol–water partition coefficient (Wildman–Crippen LogP) is 2.88. The Morgan fingerprint density at radius 3 is 3.10 bits per heavy atom. The summed E-state index contributed by atoms with van der Waals surface area (Å²) in [5, 5.41) is 11.8. The van der Waals surface area contributed by atoms with Crippen molar-refractivity contribution in [2.45, 2.75) is 32.6 Å². The van der Waals surface area contributed by atoms with Gasteiger partial charge in [0, 0.05) is 25.4 Å². The van der Waals surface area contributed by atoms with Crippen molar-refractivity contribution in [3.8, 4) is 0 Å². The first-order valence-corrected chi connectivity index (χ1v) is 7.45. The van der Waals surface area contributed by atoms with Crippen LogP contribution >= 0.6 is 0 Å². The summed E-state index contributed by atoms with van der Waals surface area (Å²) in [6.07, 6.45) is 3.88. The van der Waals surface area contributed by atoms with Crippen LogP contribution < -0.4 is 5.32 Å². The summed E-state index contributed by atoms with van der Waals surface area (Å²) in [4.78, 5) is 14.1. The van der Waals surface area contributed by atoms with Crippen molar-refractivity contribution in [1.29, 1.82) is 0 Å². The third-order valence-corrected chi connectivity index (χ3v) is 3.75. The van der Waals surface area contributed by atoms with Gasteiger partial charge in [-0.05, 0) is 49.3 Å². The Balaban J connectivity index is 1.93. The van der Waals surface area contributed by atoms with E-state index in [0.29, 0.717) is 5.92 Å². The van der Waals surface area contributed by atoms with Crippen LogP contribution in [-0.2, 0) is 6.42 Å². The smallest absolute Gasteiger partial charge is 0.321 e. The number of nitrogens with one attached hydrogen (secondary N) is 1. The molecule has 1 aliphatic heterocycles. The number of piperidine rings is 1. The molecule has 1 aromatic rings. The van der Waals surface area contributed by atoms with Crippen LogP contribution in [0.25, 0.3) is 0 Å². The van der Waals surface area contributed by atoms with E-state index in [1.54, 1.807) is 0 Å². The van der Waals surface area contributed by atoms with Gasteiger partial charge in [-0.3, -0.25) is 0 Å². The van der Waals surface area contributed by atoms with E-state index in [0.717, 1.165) is 43.6 Å². The third-order valence-electron chi connectivity index (χ3n) is 3.75. The first-order valence-electron chi connectivity index (χ1n) is 7.45. The summed E-state index contributed by atoms with van der Waals surface area (Å²) < 4.78 is 0. The van der Waals surface area contributed by atoms with Gasteiger partial charge in [0.25, 0.3) is 0 Å². The number of urea groups is 1. The van der Waals surface area contributed by atoms with Crippen molar-refractivity contribution in [3.63, 3.8) is 0 Å². The number of amides is 2. The van der Waals surface area contributed by atoms with E-state index < -0.39 is 0 Å². The fourth-order valence-corrected chi connectivity index (χ4v) is 2.66. The molecule has 0 spiro atoms. The highest BCUT2D eigenvalue weighted by Crippen LogP contribution is 2.18. The average molecular weight is 276 g/mol. The molecule has 2 rings (SSSR count). The van der Waals surface area contributed by atoms with Crippen LogP contribution in [0.2, 0.25) is 0 Å². The first kappa shape index (κ1) is 14.9. The second kappa shape index (κ2) is 7.29. The molecule has 0 saturated carbocycles. The highest BCUT2D eigenvalue weighted by atomic mass is 16.2. The minimum atomic E-state index is -0.00384. The van der Waals surface area contributed by atoms with Gasteiger partial charge in [0.15, 0.2) is 0 Å². The molecule has 0 aromatic heterocycles. The number of hydrogen-bond donors (Lipinski definition) is 2. The molecule has 20 heavy (non-hydrogen) atoms.